The smallest absolute Gasteiger partial charge is 0.209 e. The van der Waals surface area contributed by atoms with Crippen molar-refractivity contribution in [1.82, 2.24) is 5.32 Å². The highest BCUT2D eigenvalue weighted by Crippen LogP contribution is 1.94. The van der Waals surface area contributed by atoms with Crippen LogP contribution in [-0.2, 0) is 9.53 Å². The fraction of sp³-hybridized carbons (Fsp3) is 0.833. The Kier molecular flexibility index (Phi) is 5.21. The lowest BCUT2D eigenvalue weighted by Gasteiger charge is -2.11. The molecule has 0 fully saturated rings. The molecular formula is C6H13NO2. The number of hydrogen-bond acceptors (Lipinski definition) is 2. The maximum atomic E-state index is 9.86. The zero-order valence-corrected chi connectivity index (χ0v) is 5.89. The van der Waals surface area contributed by atoms with Crippen molar-refractivity contribution in [2.45, 2.75) is 26.0 Å². The summed E-state index contributed by atoms with van der Waals surface area (Å²) in [6, 6.07) is 0. The third kappa shape index (κ3) is 3.97. The Morgan fingerprint density at radius 1 is 1.78 bits per heavy atom. The Morgan fingerprint density at radius 2 is 2.44 bits per heavy atom. The van der Waals surface area contributed by atoms with Gasteiger partial charge in [0.25, 0.3) is 0 Å². The Labute approximate surface area is 55.4 Å². The molecule has 0 saturated heterocycles. The third-order valence-corrected chi connectivity index (χ3v) is 1.09. The number of methoxy groups -OCH3 is 1. The minimum Gasteiger partial charge on any atom is -0.362 e. The highest BCUT2D eigenvalue weighted by Gasteiger charge is 2.00. The van der Waals surface area contributed by atoms with Crippen LogP contribution in [0, 0.1) is 0 Å². The molecule has 1 amide bonds. The topological polar surface area (TPSA) is 38.3 Å². The fourth-order valence-electron chi connectivity index (χ4n) is 0.607. The van der Waals surface area contributed by atoms with E-state index in [1.807, 2.05) is 6.92 Å². The molecule has 0 aliphatic heterocycles. The average Bonchev–Trinajstić information content (AvgIpc) is 1.88. The number of nitrogens with one attached hydrogen (secondary N) is 1. The Morgan fingerprint density at radius 3 is 2.78 bits per heavy atom. The molecule has 0 aliphatic rings. The van der Waals surface area contributed by atoms with Gasteiger partial charge in [0.2, 0.25) is 6.41 Å². The first kappa shape index (κ1) is 8.43. The van der Waals surface area contributed by atoms with Gasteiger partial charge in [0.05, 0.1) is 0 Å². The highest BCUT2D eigenvalue weighted by atomic mass is 16.5. The standard InChI is InChI=1S/C6H13NO2/c1-3-4-6(9-2)7-5-8/h5-6H,3-4H2,1-2H3,(H,7,8). The van der Waals surface area contributed by atoms with Crippen LogP contribution in [0.3, 0.4) is 0 Å². The third-order valence-electron chi connectivity index (χ3n) is 1.09. The molecule has 3 nitrogen and oxygen atoms in total. The van der Waals surface area contributed by atoms with Gasteiger partial charge in [0.1, 0.15) is 6.23 Å². The molecule has 1 atom stereocenters. The van der Waals surface area contributed by atoms with Gasteiger partial charge >= 0.3 is 0 Å². The second-order valence-electron chi connectivity index (χ2n) is 1.80. The molecule has 0 spiro atoms. The molecule has 0 bridgehead atoms. The monoisotopic (exact) mass is 131 g/mol. The van der Waals surface area contributed by atoms with Crippen molar-refractivity contribution in [3.8, 4) is 0 Å². The van der Waals surface area contributed by atoms with E-state index < -0.39 is 0 Å². The SMILES string of the molecule is CCCC(NC=O)OC. The molecule has 0 heterocycles. The first-order chi connectivity index (χ1) is 4.35. The molecule has 3 heteroatoms. The van der Waals surface area contributed by atoms with Crippen LogP contribution in [-0.4, -0.2) is 19.7 Å². The van der Waals surface area contributed by atoms with Crippen LogP contribution >= 0.6 is 0 Å². The van der Waals surface area contributed by atoms with E-state index in [2.05, 4.69) is 5.32 Å². The van der Waals surface area contributed by atoms with E-state index in [4.69, 9.17) is 4.74 Å². The molecule has 9 heavy (non-hydrogen) atoms. The van der Waals surface area contributed by atoms with E-state index in [-0.39, 0.29) is 6.23 Å². The molecule has 1 unspecified atom stereocenters. The normalized spacial score (nSPS) is 12.7. The van der Waals surface area contributed by atoms with E-state index in [0.717, 1.165) is 12.8 Å². The van der Waals surface area contributed by atoms with Gasteiger partial charge in [-0.25, -0.2) is 0 Å². The van der Waals surface area contributed by atoms with Crippen molar-refractivity contribution in [2.24, 2.45) is 0 Å². The van der Waals surface area contributed by atoms with Gasteiger partial charge in [-0.3, -0.25) is 4.79 Å². The number of ether oxygens (including phenoxy) is 1. The van der Waals surface area contributed by atoms with Gasteiger partial charge in [-0.1, -0.05) is 13.3 Å². The average molecular weight is 131 g/mol. The van der Waals surface area contributed by atoms with Gasteiger partial charge in [0.15, 0.2) is 0 Å². The van der Waals surface area contributed by atoms with Crippen molar-refractivity contribution in [2.75, 3.05) is 7.11 Å². The van der Waals surface area contributed by atoms with Crippen LogP contribution in [0.1, 0.15) is 19.8 Å². The van der Waals surface area contributed by atoms with Crippen molar-refractivity contribution in [1.29, 1.82) is 0 Å². The van der Waals surface area contributed by atoms with Crippen LogP contribution in [0.2, 0.25) is 0 Å². The summed E-state index contributed by atoms with van der Waals surface area (Å²) >= 11 is 0. The van der Waals surface area contributed by atoms with Crippen molar-refractivity contribution in [3.63, 3.8) is 0 Å². The number of carbonyl (C=O) groups is 1. The van der Waals surface area contributed by atoms with Gasteiger partial charge in [0, 0.05) is 7.11 Å². The predicted molar refractivity (Wildman–Crippen MR) is 34.9 cm³/mol. The molecular weight excluding hydrogens is 118 g/mol. The summed E-state index contributed by atoms with van der Waals surface area (Å²) in [4.78, 5) is 9.86. The quantitative estimate of drug-likeness (QED) is 0.436. The lowest BCUT2D eigenvalue weighted by molar-refractivity contribution is -0.113. The van der Waals surface area contributed by atoms with Crippen LogP contribution in [0.15, 0.2) is 0 Å². The highest BCUT2D eigenvalue weighted by molar-refractivity contribution is 5.46. The van der Waals surface area contributed by atoms with Gasteiger partial charge in [-0.05, 0) is 6.42 Å². The molecule has 0 aromatic carbocycles. The molecule has 0 aromatic heterocycles. The van der Waals surface area contributed by atoms with Crippen molar-refractivity contribution >= 4 is 6.41 Å². The van der Waals surface area contributed by atoms with E-state index in [9.17, 15) is 4.79 Å². The van der Waals surface area contributed by atoms with Crippen LogP contribution in [0.5, 0.6) is 0 Å². The molecule has 54 valence electrons. The molecule has 0 radical (unpaired) electrons. The van der Waals surface area contributed by atoms with Gasteiger partial charge < -0.3 is 10.1 Å². The first-order valence-electron chi connectivity index (χ1n) is 3.07. The largest absolute Gasteiger partial charge is 0.362 e. The molecule has 0 rings (SSSR count). The summed E-state index contributed by atoms with van der Waals surface area (Å²) in [5.41, 5.74) is 0. The van der Waals surface area contributed by atoms with Crippen molar-refractivity contribution in [3.05, 3.63) is 0 Å². The maximum Gasteiger partial charge on any atom is 0.209 e. The Bertz CT molecular complexity index is 75.5. The van der Waals surface area contributed by atoms with Crippen molar-refractivity contribution < 1.29 is 9.53 Å². The molecule has 0 saturated carbocycles. The fourth-order valence-corrected chi connectivity index (χ4v) is 0.607. The lowest BCUT2D eigenvalue weighted by atomic mass is 10.3. The Hall–Kier alpha value is -0.570. The maximum absolute atomic E-state index is 9.86. The van der Waals surface area contributed by atoms with Crippen LogP contribution in [0.4, 0.5) is 0 Å². The lowest BCUT2D eigenvalue weighted by Crippen LogP contribution is -2.28. The van der Waals surface area contributed by atoms with E-state index >= 15 is 0 Å². The summed E-state index contributed by atoms with van der Waals surface area (Å²) in [5.74, 6) is 0. The molecule has 0 aromatic rings. The van der Waals surface area contributed by atoms with Gasteiger partial charge in [-0.2, -0.15) is 0 Å². The second-order valence-corrected chi connectivity index (χ2v) is 1.80. The molecule has 0 aliphatic carbocycles. The van der Waals surface area contributed by atoms with E-state index in [0.29, 0.717) is 6.41 Å². The molecule has 1 N–H and O–H groups in total. The first-order valence-corrected chi connectivity index (χ1v) is 3.07. The minimum absolute atomic E-state index is 0.104. The van der Waals surface area contributed by atoms with Crippen LogP contribution < -0.4 is 5.32 Å². The summed E-state index contributed by atoms with van der Waals surface area (Å²) in [7, 11) is 1.58. The predicted octanol–water partition coefficient (Wildman–Crippen LogP) is 0.505. The number of carbonyl (C=O) groups excluding carboxylic acids is 1. The second kappa shape index (κ2) is 5.56. The number of hydrogen-bond donors (Lipinski definition) is 1. The summed E-state index contributed by atoms with van der Waals surface area (Å²) in [6.45, 7) is 2.04. The summed E-state index contributed by atoms with van der Waals surface area (Å²) < 4.78 is 4.89. The number of amides is 1. The summed E-state index contributed by atoms with van der Waals surface area (Å²) in [6.07, 6.45) is 2.44. The zero-order chi connectivity index (χ0) is 7.11. The van der Waals surface area contributed by atoms with Gasteiger partial charge in [-0.15, -0.1) is 0 Å². The van der Waals surface area contributed by atoms with E-state index in [1.165, 1.54) is 0 Å². The summed E-state index contributed by atoms with van der Waals surface area (Å²) in [5, 5.41) is 2.53. The van der Waals surface area contributed by atoms with E-state index in [1.54, 1.807) is 7.11 Å². The minimum atomic E-state index is -0.104. The number of rotatable bonds is 5. The Balaban J connectivity index is 3.28. The van der Waals surface area contributed by atoms with Crippen LogP contribution in [0.25, 0.3) is 0 Å². The zero-order valence-electron chi connectivity index (χ0n) is 5.89.